The van der Waals surface area contributed by atoms with Gasteiger partial charge < -0.3 is 15.2 Å². The second-order valence-electron chi connectivity index (χ2n) is 7.02. The van der Waals surface area contributed by atoms with Crippen LogP contribution in [0.4, 0.5) is 5.69 Å². The van der Waals surface area contributed by atoms with Gasteiger partial charge in [-0.15, -0.1) is 10.2 Å². The van der Waals surface area contributed by atoms with Crippen molar-refractivity contribution < 1.29 is 9.59 Å². The van der Waals surface area contributed by atoms with Crippen LogP contribution < -0.4 is 10.6 Å². The maximum Gasteiger partial charge on any atom is 0.253 e. The average molecular weight is 557 g/mol. The number of benzene rings is 2. The molecule has 2 aromatic carbocycles. The zero-order chi connectivity index (χ0) is 23.4. The SMILES string of the molecule is Cc1cc(Br)ccc1NC(=O)CSc1nnc([C@H](C)NC(=O)c2ccc(Cl)cc2Cl)n1C. The highest BCUT2D eigenvalue weighted by Gasteiger charge is 2.20. The summed E-state index contributed by atoms with van der Waals surface area (Å²) in [4.78, 5) is 24.9. The standard InChI is InChI=1S/C21H20BrCl2N5O2S/c1-11-8-13(22)4-7-17(11)26-18(30)10-32-21-28-27-19(29(21)3)12(2)25-20(31)15-6-5-14(23)9-16(15)24/h4-9,12H,10H2,1-3H3,(H,25,31)(H,26,30)/t12-/m0/s1. The third-order valence-corrected chi connectivity index (χ3v) is 6.64. The molecule has 0 bridgehead atoms. The number of carbonyl (C=O) groups excluding carboxylic acids is 2. The molecule has 0 spiro atoms. The Morgan fingerprint density at radius 3 is 2.62 bits per heavy atom. The molecular weight excluding hydrogens is 537 g/mol. The number of anilines is 1. The summed E-state index contributed by atoms with van der Waals surface area (Å²) in [6.07, 6.45) is 0. The first kappa shape index (κ1) is 24.6. The summed E-state index contributed by atoms with van der Waals surface area (Å²) in [6, 6.07) is 9.91. The minimum Gasteiger partial charge on any atom is -0.342 e. The van der Waals surface area contributed by atoms with Crippen molar-refractivity contribution in [1.82, 2.24) is 20.1 Å². The summed E-state index contributed by atoms with van der Waals surface area (Å²) in [5.74, 6) is 0.224. The van der Waals surface area contributed by atoms with Gasteiger partial charge in [-0.05, 0) is 55.8 Å². The van der Waals surface area contributed by atoms with Crippen LogP contribution in [-0.2, 0) is 11.8 Å². The molecule has 0 radical (unpaired) electrons. The Bertz CT molecular complexity index is 1170. The maximum atomic E-state index is 12.6. The summed E-state index contributed by atoms with van der Waals surface area (Å²) >= 11 is 16.7. The van der Waals surface area contributed by atoms with Gasteiger partial charge in [0.15, 0.2) is 11.0 Å². The highest BCUT2D eigenvalue weighted by molar-refractivity contribution is 9.10. The van der Waals surface area contributed by atoms with Gasteiger partial charge in [0.1, 0.15) is 0 Å². The molecule has 3 aromatic rings. The monoisotopic (exact) mass is 555 g/mol. The molecule has 0 aliphatic carbocycles. The molecule has 32 heavy (non-hydrogen) atoms. The number of rotatable bonds is 7. The van der Waals surface area contributed by atoms with Crippen LogP contribution in [0, 0.1) is 6.92 Å². The van der Waals surface area contributed by atoms with Crippen molar-refractivity contribution in [3.8, 4) is 0 Å². The number of nitrogens with one attached hydrogen (secondary N) is 2. The number of amides is 2. The van der Waals surface area contributed by atoms with E-state index in [1.807, 2.05) is 25.1 Å². The molecule has 2 amide bonds. The predicted octanol–water partition coefficient (Wildman–Crippen LogP) is 5.41. The molecule has 3 rings (SSSR count). The summed E-state index contributed by atoms with van der Waals surface area (Å²) in [7, 11) is 1.78. The molecule has 1 aromatic heterocycles. The van der Waals surface area contributed by atoms with Crippen LogP contribution in [0.15, 0.2) is 46.0 Å². The van der Waals surface area contributed by atoms with Gasteiger partial charge >= 0.3 is 0 Å². The van der Waals surface area contributed by atoms with Crippen LogP contribution in [0.5, 0.6) is 0 Å². The van der Waals surface area contributed by atoms with Crippen LogP contribution in [0.25, 0.3) is 0 Å². The lowest BCUT2D eigenvalue weighted by Gasteiger charge is -2.14. The van der Waals surface area contributed by atoms with E-state index < -0.39 is 6.04 Å². The van der Waals surface area contributed by atoms with Gasteiger partial charge in [0, 0.05) is 22.2 Å². The first-order chi connectivity index (χ1) is 15.2. The van der Waals surface area contributed by atoms with E-state index in [0.29, 0.717) is 21.6 Å². The second kappa shape index (κ2) is 10.7. The largest absolute Gasteiger partial charge is 0.342 e. The van der Waals surface area contributed by atoms with Gasteiger partial charge in [0.2, 0.25) is 5.91 Å². The van der Waals surface area contributed by atoms with Crippen molar-refractivity contribution in [2.45, 2.75) is 25.0 Å². The van der Waals surface area contributed by atoms with E-state index in [9.17, 15) is 9.59 Å². The third kappa shape index (κ3) is 6.04. The van der Waals surface area contributed by atoms with Gasteiger partial charge in [-0.25, -0.2) is 0 Å². The fourth-order valence-electron chi connectivity index (χ4n) is 2.93. The lowest BCUT2D eigenvalue weighted by molar-refractivity contribution is -0.113. The van der Waals surface area contributed by atoms with E-state index in [4.69, 9.17) is 23.2 Å². The number of halogens is 3. The van der Waals surface area contributed by atoms with E-state index in [1.165, 1.54) is 17.8 Å². The van der Waals surface area contributed by atoms with Crippen molar-refractivity contribution in [2.75, 3.05) is 11.1 Å². The van der Waals surface area contributed by atoms with Crippen LogP contribution in [0.2, 0.25) is 10.0 Å². The van der Waals surface area contributed by atoms with Gasteiger partial charge in [-0.3, -0.25) is 9.59 Å². The second-order valence-corrected chi connectivity index (χ2v) is 9.72. The maximum absolute atomic E-state index is 12.6. The van der Waals surface area contributed by atoms with Crippen LogP contribution in [-0.4, -0.2) is 32.3 Å². The summed E-state index contributed by atoms with van der Waals surface area (Å²) in [5, 5.41) is 15.3. The van der Waals surface area contributed by atoms with E-state index in [2.05, 4.69) is 36.8 Å². The molecule has 0 aliphatic rings. The molecule has 2 N–H and O–H groups in total. The van der Waals surface area contributed by atoms with Crippen molar-refractivity contribution >= 4 is 68.4 Å². The molecule has 0 saturated carbocycles. The first-order valence-electron chi connectivity index (χ1n) is 9.49. The van der Waals surface area contributed by atoms with Crippen LogP contribution >= 0.6 is 50.9 Å². The van der Waals surface area contributed by atoms with E-state index in [1.54, 1.807) is 30.7 Å². The molecule has 1 heterocycles. The average Bonchev–Trinajstić information content (AvgIpc) is 3.09. The van der Waals surface area contributed by atoms with Crippen molar-refractivity contribution in [3.05, 3.63) is 67.9 Å². The minimum atomic E-state index is -0.430. The number of nitrogens with zero attached hydrogens (tertiary/aromatic N) is 3. The number of hydrogen-bond acceptors (Lipinski definition) is 5. The summed E-state index contributed by atoms with van der Waals surface area (Å²) < 4.78 is 2.70. The number of aromatic nitrogens is 3. The molecule has 7 nitrogen and oxygen atoms in total. The normalized spacial score (nSPS) is 11.8. The molecule has 0 unspecified atom stereocenters. The smallest absolute Gasteiger partial charge is 0.253 e. The molecule has 0 saturated heterocycles. The van der Waals surface area contributed by atoms with Gasteiger partial charge in [0.25, 0.3) is 5.91 Å². The van der Waals surface area contributed by atoms with Gasteiger partial charge in [-0.2, -0.15) is 0 Å². The highest BCUT2D eigenvalue weighted by atomic mass is 79.9. The Hall–Kier alpha value is -2.07. The Labute approximate surface area is 208 Å². The predicted molar refractivity (Wildman–Crippen MR) is 132 cm³/mol. The lowest BCUT2D eigenvalue weighted by Crippen LogP contribution is -2.28. The third-order valence-electron chi connectivity index (χ3n) is 4.57. The lowest BCUT2D eigenvalue weighted by atomic mass is 10.2. The fraction of sp³-hybridized carbons (Fsp3) is 0.238. The zero-order valence-electron chi connectivity index (χ0n) is 17.4. The summed E-state index contributed by atoms with van der Waals surface area (Å²) in [5.41, 5.74) is 2.04. The Morgan fingerprint density at radius 2 is 1.94 bits per heavy atom. The molecule has 0 aliphatic heterocycles. The van der Waals surface area contributed by atoms with E-state index in [0.717, 1.165) is 15.7 Å². The molecule has 0 fully saturated rings. The van der Waals surface area contributed by atoms with Crippen molar-refractivity contribution in [1.29, 1.82) is 0 Å². The molecule has 1 atom stereocenters. The highest BCUT2D eigenvalue weighted by Crippen LogP contribution is 2.24. The molecule has 11 heteroatoms. The number of carbonyl (C=O) groups is 2. The van der Waals surface area contributed by atoms with E-state index in [-0.39, 0.29) is 22.6 Å². The van der Waals surface area contributed by atoms with Crippen molar-refractivity contribution in [2.24, 2.45) is 7.05 Å². The van der Waals surface area contributed by atoms with E-state index >= 15 is 0 Å². The Balaban J connectivity index is 1.60. The zero-order valence-corrected chi connectivity index (χ0v) is 21.4. The quantitative estimate of drug-likeness (QED) is 0.379. The van der Waals surface area contributed by atoms with Gasteiger partial charge in [0.05, 0.1) is 22.4 Å². The topological polar surface area (TPSA) is 88.9 Å². The number of thioether (sulfide) groups is 1. The molecular formula is C21H20BrCl2N5O2S. The first-order valence-corrected chi connectivity index (χ1v) is 12.0. The van der Waals surface area contributed by atoms with Crippen molar-refractivity contribution in [3.63, 3.8) is 0 Å². The number of aryl methyl sites for hydroxylation is 1. The van der Waals surface area contributed by atoms with Crippen LogP contribution in [0.3, 0.4) is 0 Å². The minimum absolute atomic E-state index is 0.149. The molecule has 168 valence electrons. The summed E-state index contributed by atoms with van der Waals surface area (Å²) in [6.45, 7) is 3.72. The Kier molecular flexibility index (Phi) is 8.21. The van der Waals surface area contributed by atoms with Gasteiger partial charge in [-0.1, -0.05) is 50.9 Å². The van der Waals surface area contributed by atoms with Crippen LogP contribution in [0.1, 0.15) is 34.7 Å². The number of hydrogen-bond donors (Lipinski definition) is 2. The fourth-order valence-corrected chi connectivity index (χ4v) is 4.61. The Morgan fingerprint density at radius 1 is 1.19 bits per heavy atom.